The molecule has 0 radical (unpaired) electrons. The van der Waals surface area contributed by atoms with E-state index in [1.54, 1.807) is 0 Å². The van der Waals surface area contributed by atoms with Gasteiger partial charge >= 0.3 is 6.18 Å². The maximum absolute atomic E-state index is 13.5. The second-order valence-electron chi connectivity index (χ2n) is 3.26. The molecule has 0 aliphatic carbocycles. The van der Waals surface area contributed by atoms with Gasteiger partial charge in [0.2, 0.25) is 0 Å². The van der Waals surface area contributed by atoms with Crippen LogP contribution in [0.15, 0.2) is 36.7 Å². The van der Waals surface area contributed by atoms with E-state index >= 15 is 0 Å². The first kappa shape index (κ1) is 11.5. The van der Waals surface area contributed by atoms with Crippen LogP contribution in [-0.4, -0.2) is 9.97 Å². The Morgan fingerprint density at radius 1 is 1.00 bits per heavy atom. The minimum absolute atomic E-state index is 0.0544. The van der Waals surface area contributed by atoms with Gasteiger partial charge in [-0.2, -0.15) is 13.2 Å². The van der Waals surface area contributed by atoms with Gasteiger partial charge in [-0.1, -0.05) is 0 Å². The van der Waals surface area contributed by atoms with Crippen molar-refractivity contribution in [1.82, 2.24) is 9.97 Å². The molecule has 2 rings (SSSR count). The van der Waals surface area contributed by atoms with Crippen LogP contribution < -0.4 is 0 Å². The molecule has 1 aromatic heterocycles. The van der Waals surface area contributed by atoms with Crippen molar-refractivity contribution in [2.24, 2.45) is 0 Å². The van der Waals surface area contributed by atoms with E-state index in [0.717, 1.165) is 12.1 Å². The molecule has 1 aromatic carbocycles. The molecular weight excluding hydrogens is 236 g/mol. The van der Waals surface area contributed by atoms with Crippen molar-refractivity contribution in [2.75, 3.05) is 0 Å². The summed E-state index contributed by atoms with van der Waals surface area (Å²) in [6.45, 7) is 0. The molecule has 0 amide bonds. The first-order valence-corrected chi connectivity index (χ1v) is 4.62. The molecule has 0 spiro atoms. The summed E-state index contributed by atoms with van der Waals surface area (Å²) in [5.74, 6) is -0.940. The molecule has 0 aliphatic rings. The topological polar surface area (TPSA) is 25.8 Å². The molecule has 0 N–H and O–H groups in total. The molecule has 17 heavy (non-hydrogen) atoms. The number of halogens is 4. The third-order valence-corrected chi connectivity index (χ3v) is 2.10. The third kappa shape index (κ3) is 2.41. The van der Waals surface area contributed by atoms with Crippen molar-refractivity contribution in [3.63, 3.8) is 0 Å². The van der Waals surface area contributed by atoms with E-state index in [-0.39, 0.29) is 11.4 Å². The summed E-state index contributed by atoms with van der Waals surface area (Å²) in [5.41, 5.74) is -1.09. The largest absolute Gasteiger partial charge is 0.416 e. The van der Waals surface area contributed by atoms with Crippen molar-refractivity contribution in [1.29, 1.82) is 0 Å². The molecule has 0 atom stereocenters. The van der Waals surface area contributed by atoms with Gasteiger partial charge in [-0.3, -0.25) is 0 Å². The maximum Gasteiger partial charge on any atom is 0.416 e. The monoisotopic (exact) mass is 242 g/mol. The summed E-state index contributed by atoms with van der Waals surface area (Å²) in [6.07, 6.45) is -1.78. The maximum atomic E-state index is 13.5. The van der Waals surface area contributed by atoms with Gasteiger partial charge < -0.3 is 0 Å². The lowest BCUT2D eigenvalue weighted by Gasteiger charge is -2.08. The van der Waals surface area contributed by atoms with Crippen LogP contribution in [0.25, 0.3) is 11.4 Å². The Kier molecular flexibility index (Phi) is 2.79. The van der Waals surface area contributed by atoms with Gasteiger partial charge in [-0.25, -0.2) is 14.4 Å². The standard InChI is InChI=1S/C11H6F4N2/c12-9-6-7(11(13,14)15)2-3-8(9)10-16-4-1-5-17-10/h1-6H. The van der Waals surface area contributed by atoms with Gasteiger partial charge in [-0.05, 0) is 24.3 Å². The summed E-state index contributed by atoms with van der Waals surface area (Å²) in [5, 5.41) is 0. The van der Waals surface area contributed by atoms with Crippen LogP contribution in [0.5, 0.6) is 0 Å². The van der Waals surface area contributed by atoms with E-state index in [1.807, 2.05) is 0 Å². The summed E-state index contributed by atoms with van der Waals surface area (Å²) in [7, 11) is 0. The van der Waals surface area contributed by atoms with Crippen LogP contribution >= 0.6 is 0 Å². The predicted octanol–water partition coefficient (Wildman–Crippen LogP) is 3.30. The van der Waals surface area contributed by atoms with E-state index < -0.39 is 17.6 Å². The molecule has 0 bridgehead atoms. The first-order valence-electron chi connectivity index (χ1n) is 4.62. The second kappa shape index (κ2) is 4.12. The van der Waals surface area contributed by atoms with Crippen LogP contribution in [0, 0.1) is 5.82 Å². The molecule has 0 unspecified atom stereocenters. The molecule has 2 nitrogen and oxygen atoms in total. The van der Waals surface area contributed by atoms with E-state index in [0.29, 0.717) is 6.07 Å². The molecule has 0 fully saturated rings. The van der Waals surface area contributed by atoms with Crippen molar-refractivity contribution in [3.8, 4) is 11.4 Å². The Hall–Kier alpha value is -1.98. The Bertz CT molecular complexity index is 523. The van der Waals surface area contributed by atoms with Gasteiger partial charge in [0.05, 0.1) is 11.1 Å². The molecule has 0 aliphatic heterocycles. The zero-order valence-corrected chi connectivity index (χ0v) is 8.37. The molecule has 88 valence electrons. The van der Waals surface area contributed by atoms with Crippen molar-refractivity contribution in [2.45, 2.75) is 6.18 Å². The Morgan fingerprint density at radius 2 is 1.65 bits per heavy atom. The normalized spacial score (nSPS) is 11.5. The number of benzene rings is 1. The van der Waals surface area contributed by atoms with Crippen LogP contribution in [0.3, 0.4) is 0 Å². The first-order chi connectivity index (χ1) is 7.98. The minimum Gasteiger partial charge on any atom is -0.236 e. The quantitative estimate of drug-likeness (QED) is 0.717. The second-order valence-corrected chi connectivity index (χ2v) is 3.26. The zero-order valence-electron chi connectivity index (χ0n) is 8.37. The van der Waals surface area contributed by atoms with Gasteiger partial charge in [0.15, 0.2) is 5.82 Å². The highest BCUT2D eigenvalue weighted by atomic mass is 19.4. The van der Waals surface area contributed by atoms with E-state index in [9.17, 15) is 17.6 Å². The fourth-order valence-corrected chi connectivity index (χ4v) is 1.31. The highest BCUT2D eigenvalue weighted by Gasteiger charge is 2.31. The van der Waals surface area contributed by atoms with Crippen molar-refractivity contribution < 1.29 is 17.6 Å². The number of alkyl halides is 3. The van der Waals surface area contributed by atoms with Crippen LogP contribution in [0.1, 0.15) is 5.56 Å². The minimum atomic E-state index is -4.56. The molecule has 1 heterocycles. The fraction of sp³-hybridized carbons (Fsp3) is 0.0909. The van der Waals surface area contributed by atoms with E-state index in [2.05, 4.69) is 9.97 Å². The summed E-state index contributed by atoms with van der Waals surface area (Å²) >= 11 is 0. The zero-order chi connectivity index (χ0) is 12.5. The summed E-state index contributed by atoms with van der Waals surface area (Å²) in [6, 6.07) is 3.79. The Labute approximate surface area is 94.0 Å². The lowest BCUT2D eigenvalue weighted by atomic mass is 10.1. The fourth-order valence-electron chi connectivity index (χ4n) is 1.31. The number of aromatic nitrogens is 2. The van der Waals surface area contributed by atoms with Crippen LogP contribution in [0.4, 0.5) is 17.6 Å². The number of rotatable bonds is 1. The van der Waals surface area contributed by atoms with Gasteiger partial charge in [0.25, 0.3) is 0 Å². The highest BCUT2D eigenvalue weighted by molar-refractivity contribution is 5.56. The van der Waals surface area contributed by atoms with Crippen LogP contribution in [0.2, 0.25) is 0 Å². The number of hydrogen-bond donors (Lipinski definition) is 0. The van der Waals surface area contributed by atoms with Crippen LogP contribution in [-0.2, 0) is 6.18 Å². The molecule has 0 saturated carbocycles. The smallest absolute Gasteiger partial charge is 0.236 e. The third-order valence-electron chi connectivity index (χ3n) is 2.10. The van der Waals surface area contributed by atoms with Crippen molar-refractivity contribution in [3.05, 3.63) is 48.0 Å². The highest BCUT2D eigenvalue weighted by Crippen LogP contribution is 2.31. The average Bonchev–Trinajstić information content (AvgIpc) is 2.29. The average molecular weight is 242 g/mol. The predicted molar refractivity (Wildman–Crippen MR) is 52.4 cm³/mol. The number of nitrogens with zero attached hydrogens (tertiary/aromatic N) is 2. The van der Waals surface area contributed by atoms with E-state index in [4.69, 9.17) is 0 Å². The van der Waals surface area contributed by atoms with Gasteiger partial charge in [0, 0.05) is 12.4 Å². The lowest BCUT2D eigenvalue weighted by Crippen LogP contribution is -2.05. The summed E-state index contributed by atoms with van der Waals surface area (Å²) < 4.78 is 50.4. The van der Waals surface area contributed by atoms with Crippen molar-refractivity contribution >= 4 is 0 Å². The summed E-state index contributed by atoms with van der Waals surface area (Å²) in [4.78, 5) is 7.54. The van der Waals surface area contributed by atoms with Gasteiger partial charge in [-0.15, -0.1) is 0 Å². The molecule has 0 saturated heterocycles. The molecular formula is C11H6F4N2. The Balaban J connectivity index is 2.46. The molecule has 2 aromatic rings. The molecule has 6 heteroatoms. The van der Waals surface area contributed by atoms with E-state index in [1.165, 1.54) is 18.5 Å². The lowest BCUT2D eigenvalue weighted by molar-refractivity contribution is -0.137. The Morgan fingerprint density at radius 3 is 2.18 bits per heavy atom. The SMILES string of the molecule is Fc1cc(C(F)(F)F)ccc1-c1ncccn1. The number of hydrogen-bond acceptors (Lipinski definition) is 2. The van der Waals surface area contributed by atoms with Gasteiger partial charge in [0.1, 0.15) is 5.82 Å².